The number of rotatable bonds is 8. The third kappa shape index (κ3) is 4.84. The standard InChI is InChI=1S/C22H22FNO3/c23-21-18(19(25)13-24)11-12-20(26-14-16-7-3-1-4-8-16)22(21)27-15-17-9-5-2-6-10-17/h1-12,19,25H,13-15,24H2. The van der Waals surface area contributed by atoms with Crippen LogP contribution in [0.3, 0.4) is 0 Å². The fourth-order valence-electron chi connectivity index (χ4n) is 2.65. The molecule has 4 nitrogen and oxygen atoms in total. The van der Waals surface area contributed by atoms with E-state index < -0.39 is 11.9 Å². The Morgan fingerprint density at radius 3 is 1.93 bits per heavy atom. The molecule has 0 aliphatic rings. The highest BCUT2D eigenvalue weighted by Gasteiger charge is 2.20. The Kier molecular flexibility index (Phi) is 6.41. The summed E-state index contributed by atoms with van der Waals surface area (Å²) in [6.07, 6.45) is -1.10. The summed E-state index contributed by atoms with van der Waals surface area (Å²) in [6.45, 7) is 0.377. The first-order valence-electron chi connectivity index (χ1n) is 8.73. The van der Waals surface area contributed by atoms with Gasteiger partial charge in [-0.15, -0.1) is 0 Å². The second kappa shape index (κ2) is 9.16. The molecule has 3 N–H and O–H groups in total. The van der Waals surface area contributed by atoms with Crippen LogP contribution in [-0.2, 0) is 13.2 Å². The average Bonchev–Trinajstić information content (AvgIpc) is 2.72. The highest BCUT2D eigenvalue weighted by molar-refractivity contribution is 5.45. The molecule has 3 aromatic rings. The second-order valence-electron chi connectivity index (χ2n) is 6.10. The molecule has 0 heterocycles. The van der Waals surface area contributed by atoms with Gasteiger partial charge in [0.2, 0.25) is 0 Å². The van der Waals surface area contributed by atoms with Gasteiger partial charge in [0.1, 0.15) is 13.2 Å². The zero-order chi connectivity index (χ0) is 19.1. The lowest BCUT2D eigenvalue weighted by atomic mass is 10.1. The van der Waals surface area contributed by atoms with Gasteiger partial charge in [-0.2, -0.15) is 0 Å². The number of ether oxygens (including phenoxy) is 2. The molecule has 0 saturated heterocycles. The predicted molar refractivity (Wildman–Crippen MR) is 102 cm³/mol. The fourth-order valence-corrected chi connectivity index (χ4v) is 2.65. The molecule has 140 valence electrons. The van der Waals surface area contributed by atoms with Crippen molar-refractivity contribution in [2.45, 2.75) is 19.3 Å². The van der Waals surface area contributed by atoms with E-state index in [1.807, 2.05) is 60.7 Å². The van der Waals surface area contributed by atoms with E-state index in [0.717, 1.165) is 11.1 Å². The molecule has 0 radical (unpaired) electrons. The first-order chi connectivity index (χ1) is 13.2. The van der Waals surface area contributed by atoms with Gasteiger partial charge in [-0.3, -0.25) is 0 Å². The molecular weight excluding hydrogens is 345 g/mol. The highest BCUT2D eigenvalue weighted by Crippen LogP contribution is 2.35. The summed E-state index contributed by atoms with van der Waals surface area (Å²) in [6, 6.07) is 22.1. The molecule has 0 bridgehead atoms. The lowest BCUT2D eigenvalue weighted by Crippen LogP contribution is -2.14. The predicted octanol–water partition coefficient (Wildman–Crippen LogP) is 3.98. The monoisotopic (exact) mass is 367 g/mol. The third-order valence-electron chi connectivity index (χ3n) is 4.14. The summed E-state index contributed by atoms with van der Waals surface area (Å²) in [4.78, 5) is 0. The summed E-state index contributed by atoms with van der Waals surface area (Å²) in [5.41, 5.74) is 7.42. The van der Waals surface area contributed by atoms with Gasteiger partial charge in [0.05, 0.1) is 6.10 Å². The van der Waals surface area contributed by atoms with Crippen molar-refractivity contribution in [3.8, 4) is 11.5 Å². The van der Waals surface area contributed by atoms with Gasteiger partial charge in [-0.1, -0.05) is 60.7 Å². The zero-order valence-corrected chi connectivity index (χ0v) is 14.8. The smallest absolute Gasteiger partial charge is 0.197 e. The Morgan fingerprint density at radius 2 is 1.37 bits per heavy atom. The molecule has 0 aromatic heterocycles. The highest BCUT2D eigenvalue weighted by atomic mass is 19.1. The minimum Gasteiger partial charge on any atom is -0.485 e. The molecular formula is C22H22FNO3. The molecule has 3 rings (SSSR count). The molecule has 0 aliphatic heterocycles. The fraction of sp³-hybridized carbons (Fsp3) is 0.182. The molecule has 0 aliphatic carbocycles. The summed E-state index contributed by atoms with van der Waals surface area (Å²) in [5, 5.41) is 9.96. The van der Waals surface area contributed by atoms with E-state index in [-0.39, 0.29) is 36.8 Å². The summed E-state index contributed by atoms with van der Waals surface area (Å²) in [7, 11) is 0. The molecule has 1 atom stereocenters. The number of hydrogen-bond acceptors (Lipinski definition) is 4. The SMILES string of the molecule is NCC(O)c1ccc(OCc2ccccc2)c(OCc2ccccc2)c1F. The van der Waals surface area contributed by atoms with E-state index in [1.54, 1.807) is 6.07 Å². The Labute approximate surface area is 158 Å². The average molecular weight is 367 g/mol. The van der Waals surface area contributed by atoms with Gasteiger partial charge in [-0.05, 0) is 23.3 Å². The van der Waals surface area contributed by atoms with E-state index in [9.17, 15) is 9.50 Å². The Morgan fingerprint density at radius 1 is 0.815 bits per heavy atom. The van der Waals surface area contributed by atoms with Crippen molar-refractivity contribution < 1.29 is 19.0 Å². The van der Waals surface area contributed by atoms with Crippen LogP contribution in [0.1, 0.15) is 22.8 Å². The van der Waals surface area contributed by atoms with Gasteiger partial charge in [0.15, 0.2) is 17.3 Å². The number of hydrogen-bond donors (Lipinski definition) is 2. The molecule has 3 aromatic carbocycles. The number of aliphatic hydroxyl groups excluding tert-OH is 1. The van der Waals surface area contributed by atoms with Crippen molar-refractivity contribution in [3.63, 3.8) is 0 Å². The van der Waals surface area contributed by atoms with E-state index in [4.69, 9.17) is 15.2 Å². The maximum atomic E-state index is 15.0. The van der Waals surface area contributed by atoms with Crippen LogP contribution in [0.2, 0.25) is 0 Å². The Balaban J connectivity index is 1.85. The second-order valence-corrected chi connectivity index (χ2v) is 6.10. The topological polar surface area (TPSA) is 64.7 Å². The van der Waals surface area contributed by atoms with Gasteiger partial charge in [0.25, 0.3) is 0 Å². The van der Waals surface area contributed by atoms with Crippen molar-refractivity contribution in [1.29, 1.82) is 0 Å². The van der Waals surface area contributed by atoms with Gasteiger partial charge < -0.3 is 20.3 Å². The third-order valence-corrected chi connectivity index (χ3v) is 4.14. The molecule has 0 spiro atoms. The number of benzene rings is 3. The molecule has 0 saturated carbocycles. The van der Waals surface area contributed by atoms with Crippen molar-refractivity contribution in [1.82, 2.24) is 0 Å². The lowest BCUT2D eigenvalue weighted by Gasteiger charge is -2.17. The van der Waals surface area contributed by atoms with Crippen molar-refractivity contribution in [2.75, 3.05) is 6.54 Å². The van der Waals surface area contributed by atoms with Gasteiger partial charge in [0, 0.05) is 12.1 Å². The lowest BCUT2D eigenvalue weighted by molar-refractivity contribution is 0.178. The van der Waals surface area contributed by atoms with E-state index in [1.165, 1.54) is 6.07 Å². The largest absolute Gasteiger partial charge is 0.485 e. The Hall–Kier alpha value is -2.89. The van der Waals surface area contributed by atoms with E-state index >= 15 is 0 Å². The molecule has 5 heteroatoms. The van der Waals surface area contributed by atoms with Crippen LogP contribution in [0.5, 0.6) is 11.5 Å². The molecule has 27 heavy (non-hydrogen) atoms. The zero-order valence-electron chi connectivity index (χ0n) is 14.8. The minimum atomic E-state index is -1.10. The molecule has 0 fully saturated rings. The van der Waals surface area contributed by atoms with Crippen LogP contribution in [0, 0.1) is 5.82 Å². The van der Waals surface area contributed by atoms with Crippen LogP contribution >= 0.6 is 0 Å². The van der Waals surface area contributed by atoms with Crippen LogP contribution < -0.4 is 15.2 Å². The van der Waals surface area contributed by atoms with Crippen LogP contribution in [-0.4, -0.2) is 11.7 Å². The maximum Gasteiger partial charge on any atom is 0.197 e. The number of nitrogens with two attached hydrogens (primary N) is 1. The van der Waals surface area contributed by atoms with E-state index in [2.05, 4.69) is 0 Å². The van der Waals surface area contributed by atoms with Gasteiger partial charge in [-0.25, -0.2) is 4.39 Å². The van der Waals surface area contributed by atoms with Crippen LogP contribution in [0.25, 0.3) is 0 Å². The quantitative estimate of drug-likeness (QED) is 0.632. The summed E-state index contributed by atoms with van der Waals surface area (Å²) >= 11 is 0. The van der Waals surface area contributed by atoms with E-state index in [0.29, 0.717) is 0 Å². The molecule has 1 unspecified atom stereocenters. The summed E-state index contributed by atoms with van der Waals surface area (Å²) in [5.74, 6) is -0.408. The van der Waals surface area contributed by atoms with Crippen molar-refractivity contribution in [3.05, 3.63) is 95.3 Å². The van der Waals surface area contributed by atoms with Crippen LogP contribution in [0.15, 0.2) is 72.8 Å². The molecule has 0 amide bonds. The number of aliphatic hydroxyl groups is 1. The summed E-state index contributed by atoms with van der Waals surface area (Å²) < 4.78 is 26.5. The first kappa shape index (κ1) is 18.9. The van der Waals surface area contributed by atoms with Crippen LogP contribution in [0.4, 0.5) is 4.39 Å². The van der Waals surface area contributed by atoms with Crippen molar-refractivity contribution in [2.24, 2.45) is 5.73 Å². The Bertz CT molecular complexity index is 856. The van der Waals surface area contributed by atoms with Crippen molar-refractivity contribution >= 4 is 0 Å². The number of halogens is 1. The first-order valence-corrected chi connectivity index (χ1v) is 8.73. The van der Waals surface area contributed by atoms with Gasteiger partial charge >= 0.3 is 0 Å². The normalized spacial score (nSPS) is 11.8. The minimum absolute atomic E-state index is 0.0280. The maximum absolute atomic E-state index is 15.0.